The summed E-state index contributed by atoms with van der Waals surface area (Å²) in [6.07, 6.45) is 1.78. The van der Waals surface area contributed by atoms with Gasteiger partial charge in [0.25, 0.3) is 5.91 Å². The minimum atomic E-state index is -0.526. The number of amides is 1. The molecule has 4 aromatic rings. The fourth-order valence-corrected chi connectivity index (χ4v) is 5.41. The van der Waals surface area contributed by atoms with Gasteiger partial charge in [-0.25, -0.2) is 9.37 Å². The molecule has 2 saturated heterocycles. The SMILES string of the molecule is Cc1cc(-c2cccc3ncc(-c4ccc(N5CCN(C)CC5)cc4)nc23)cc(F)c1C(=O)N1CCOCC1. The van der Waals surface area contributed by atoms with Gasteiger partial charge < -0.3 is 19.4 Å². The molecule has 1 amide bonds. The molecule has 1 aromatic heterocycles. The second-order valence-corrected chi connectivity index (χ2v) is 10.3. The van der Waals surface area contributed by atoms with Gasteiger partial charge in [-0.2, -0.15) is 0 Å². The molecule has 39 heavy (non-hydrogen) atoms. The van der Waals surface area contributed by atoms with Crippen LogP contribution in [0.25, 0.3) is 33.4 Å². The third-order valence-corrected chi connectivity index (χ3v) is 7.71. The van der Waals surface area contributed by atoms with Crippen molar-refractivity contribution >= 4 is 22.6 Å². The number of benzene rings is 3. The maximum absolute atomic E-state index is 15.4. The van der Waals surface area contributed by atoms with E-state index in [4.69, 9.17) is 9.72 Å². The molecule has 0 unspecified atom stereocenters. The molecule has 3 heterocycles. The first-order chi connectivity index (χ1) is 19.0. The minimum absolute atomic E-state index is 0.119. The number of morpholine rings is 1. The summed E-state index contributed by atoms with van der Waals surface area (Å²) in [6, 6.07) is 17.5. The summed E-state index contributed by atoms with van der Waals surface area (Å²) in [6.45, 7) is 7.81. The van der Waals surface area contributed by atoms with Crippen LogP contribution in [-0.2, 0) is 4.74 Å². The molecule has 0 aliphatic carbocycles. The number of fused-ring (bicyclic) bond motifs is 1. The smallest absolute Gasteiger partial charge is 0.257 e. The first kappa shape index (κ1) is 25.4. The predicted octanol–water partition coefficient (Wildman–Crippen LogP) is 4.64. The molecule has 0 atom stereocenters. The van der Waals surface area contributed by atoms with E-state index in [2.05, 4.69) is 46.1 Å². The van der Waals surface area contributed by atoms with Crippen LogP contribution in [0, 0.1) is 12.7 Å². The number of para-hydroxylation sites is 1. The summed E-state index contributed by atoms with van der Waals surface area (Å²) in [5.74, 6) is -0.818. The Morgan fingerprint density at radius 2 is 1.67 bits per heavy atom. The molecule has 0 radical (unpaired) electrons. The molecule has 3 aromatic carbocycles. The Labute approximate surface area is 227 Å². The minimum Gasteiger partial charge on any atom is -0.378 e. The number of likely N-dealkylation sites (N-methyl/N-ethyl adjacent to an activating group) is 1. The molecule has 8 heteroatoms. The number of hydrogen-bond acceptors (Lipinski definition) is 6. The Bertz CT molecular complexity index is 1490. The van der Waals surface area contributed by atoms with Gasteiger partial charge in [0.05, 0.1) is 41.7 Å². The number of nitrogens with zero attached hydrogens (tertiary/aromatic N) is 5. The van der Waals surface area contributed by atoms with Crippen LogP contribution in [0.4, 0.5) is 10.1 Å². The van der Waals surface area contributed by atoms with Crippen molar-refractivity contribution in [3.05, 3.63) is 77.7 Å². The third-order valence-electron chi connectivity index (χ3n) is 7.71. The lowest BCUT2D eigenvalue weighted by Crippen LogP contribution is -2.44. The fourth-order valence-electron chi connectivity index (χ4n) is 5.41. The summed E-state index contributed by atoms with van der Waals surface area (Å²) in [7, 11) is 2.15. The standard InChI is InChI=1S/C31H32FN5O2/c1-21-18-23(19-26(32)29(21)31(38)37-14-16-39-17-15-37)25-4-3-5-27-30(25)34-28(20-33-27)22-6-8-24(9-7-22)36-12-10-35(2)11-13-36/h3-9,18-20H,10-17H2,1-2H3. The lowest BCUT2D eigenvalue weighted by molar-refractivity contribution is 0.0299. The highest BCUT2D eigenvalue weighted by Gasteiger charge is 2.24. The zero-order valence-corrected chi connectivity index (χ0v) is 22.4. The molecule has 200 valence electrons. The highest BCUT2D eigenvalue weighted by atomic mass is 19.1. The fraction of sp³-hybridized carbons (Fsp3) is 0.323. The normalized spacial score (nSPS) is 16.6. The van der Waals surface area contributed by atoms with E-state index >= 15 is 4.39 Å². The summed E-state index contributed by atoms with van der Waals surface area (Å²) in [5, 5.41) is 0. The van der Waals surface area contributed by atoms with Crippen LogP contribution < -0.4 is 4.90 Å². The second-order valence-electron chi connectivity index (χ2n) is 10.3. The van der Waals surface area contributed by atoms with Crippen LogP contribution in [0.15, 0.2) is 60.8 Å². The largest absolute Gasteiger partial charge is 0.378 e. The van der Waals surface area contributed by atoms with E-state index in [0.717, 1.165) is 48.5 Å². The van der Waals surface area contributed by atoms with E-state index in [0.29, 0.717) is 42.9 Å². The average molecular weight is 526 g/mol. The number of hydrogen-bond donors (Lipinski definition) is 0. The van der Waals surface area contributed by atoms with Crippen molar-refractivity contribution < 1.29 is 13.9 Å². The molecule has 7 nitrogen and oxygen atoms in total. The number of halogens is 1. The quantitative estimate of drug-likeness (QED) is 0.387. The van der Waals surface area contributed by atoms with E-state index in [1.54, 1.807) is 18.0 Å². The van der Waals surface area contributed by atoms with Crippen LogP contribution in [-0.4, -0.2) is 85.2 Å². The molecule has 6 rings (SSSR count). The van der Waals surface area contributed by atoms with Gasteiger partial charge in [-0.05, 0) is 49.4 Å². The van der Waals surface area contributed by atoms with Gasteiger partial charge in [0.15, 0.2) is 0 Å². The summed E-state index contributed by atoms with van der Waals surface area (Å²) in [5.41, 5.74) is 6.55. The Morgan fingerprint density at radius 1 is 0.923 bits per heavy atom. The Balaban J connectivity index is 1.32. The second kappa shape index (κ2) is 10.7. The van der Waals surface area contributed by atoms with Gasteiger partial charge in [0.2, 0.25) is 0 Å². The van der Waals surface area contributed by atoms with Gasteiger partial charge in [-0.1, -0.05) is 30.3 Å². The average Bonchev–Trinajstić information content (AvgIpc) is 2.97. The van der Waals surface area contributed by atoms with Gasteiger partial charge in [0, 0.05) is 56.1 Å². The molecule has 2 aliphatic rings. The van der Waals surface area contributed by atoms with Crippen LogP contribution in [0.2, 0.25) is 0 Å². The number of rotatable bonds is 4. The van der Waals surface area contributed by atoms with E-state index < -0.39 is 5.82 Å². The molecule has 2 fully saturated rings. The van der Waals surface area contributed by atoms with Crippen molar-refractivity contribution in [3.63, 3.8) is 0 Å². The van der Waals surface area contributed by atoms with E-state index in [1.807, 2.05) is 24.3 Å². The van der Waals surface area contributed by atoms with Crippen molar-refractivity contribution in [1.82, 2.24) is 19.8 Å². The van der Waals surface area contributed by atoms with E-state index in [-0.39, 0.29) is 11.5 Å². The molecular formula is C31H32FN5O2. The van der Waals surface area contributed by atoms with Crippen molar-refractivity contribution in [2.45, 2.75) is 6.92 Å². The van der Waals surface area contributed by atoms with Crippen molar-refractivity contribution in [2.75, 3.05) is 64.4 Å². The number of piperazine rings is 1. The number of aromatic nitrogens is 2. The molecule has 2 aliphatic heterocycles. The van der Waals surface area contributed by atoms with Gasteiger partial charge in [-0.3, -0.25) is 9.78 Å². The van der Waals surface area contributed by atoms with Crippen LogP contribution in [0.5, 0.6) is 0 Å². The Morgan fingerprint density at radius 3 is 2.38 bits per heavy atom. The highest BCUT2D eigenvalue weighted by Crippen LogP contribution is 2.32. The maximum atomic E-state index is 15.4. The van der Waals surface area contributed by atoms with Crippen molar-refractivity contribution in [3.8, 4) is 22.4 Å². The summed E-state index contributed by atoms with van der Waals surface area (Å²) < 4.78 is 20.8. The van der Waals surface area contributed by atoms with Crippen LogP contribution >= 0.6 is 0 Å². The van der Waals surface area contributed by atoms with Crippen molar-refractivity contribution in [2.24, 2.45) is 0 Å². The molecule has 0 spiro atoms. The monoisotopic (exact) mass is 525 g/mol. The van der Waals surface area contributed by atoms with Gasteiger partial charge >= 0.3 is 0 Å². The number of carbonyl (C=O) groups is 1. The zero-order valence-electron chi connectivity index (χ0n) is 22.4. The Hall–Kier alpha value is -3.88. The first-order valence-corrected chi connectivity index (χ1v) is 13.5. The number of carbonyl (C=O) groups excluding carboxylic acids is 1. The maximum Gasteiger partial charge on any atom is 0.257 e. The van der Waals surface area contributed by atoms with Crippen LogP contribution in [0.1, 0.15) is 15.9 Å². The first-order valence-electron chi connectivity index (χ1n) is 13.5. The topological polar surface area (TPSA) is 61.8 Å². The molecule has 0 saturated carbocycles. The van der Waals surface area contributed by atoms with Crippen LogP contribution in [0.3, 0.4) is 0 Å². The van der Waals surface area contributed by atoms with Gasteiger partial charge in [-0.15, -0.1) is 0 Å². The summed E-state index contributed by atoms with van der Waals surface area (Å²) in [4.78, 5) is 29.1. The summed E-state index contributed by atoms with van der Waals surface area (Å²) >= 11 is 0. The molecular weight excluding hydrogens is 493 g/mol. The lowest BCUT2D eigenvalue weighted by atomic mass is 9.97. The highest BCUT2D eigenvalue weighted by molar-refractivity contribution is 5.98. The molecule has 0 bridgehead atoms. The van der Waals surface area contributed by atoms with Gasteiger partial charge in [0.1, 0.15) is 5.82 Å². The number of ether oxygens (including phenoxy) is 1. The lowest BCUT2D eigenvalue weighted by Gasteiger charge is -2.34. The van der Waals surface area contributed by atoms with E-state index in [9.17, 15) is 4.79 Å². The van der Waals surface area contributed by atoms with E-state index in [1.165, 1.54) is 11.8 Å². The Kier molecular flexibility index (Phi) is 6.97. The predicted molar refractivity (Wildman–Crippen MR) is 152 cm³/mol. The third kappa shape index (κ3) is 5.10. The van der Waals surface area contributed by atoms with Crippen molar-refractivity contribution in [1.29, 1.82) is 0 Å². The number of anilines is 1. The molecule has 0 N–H and O–H groups in total. The zero-order chi connectivity index (χ0) is 26.9. The number of aryl methyl sites for hydroxylation is 1.